The molecule has 0 aliphatic carbocycles. The molecule has 1 saturated heterocycles. The number of aliphatic hydroxyl groups excluding tert-OH is 1. The number of nitrogens with zero attached hydrogens (tertiary/aromatic N) is 5. The zero-order valence-electron chi connectivity index (χ0n) is 19.0. The highest BCUT2D eigenvalue weighted by molar-refractivity contribution is 6.06. The Labute approximate surface area is 189 Å². The molecule has 0 saturated carbocycles. The van der Waals surface area contributed by atoms with Gasteiger partial charge in [0.15, 0.2) is 0 Å². The van der Waals surface area contributed by atoms with Gasteiger partial charge in [-0.3, -0.25) is 14.7 Å². The molecule has 7 heteroatoms. The van der Waals surface area contributed by atoms with Crippen molar-refractivity contribution >= 4 is 16.8 Å². The van der Waals surface area contributed by atoms with Crippen LogP contribution in [0.4, 0.5) is 0 Å². The van der Waals surface area contributed by atoms with Crippen molar-refractivity contribution in [3.8, 4) is 0 Å². The molecule has 1 aromatic carbocycles. The first-order valence-corrected chi connectivity index (χ1v) is 11.3. The lowest BCUT2D eigenvalue weighted by Gasteiger charge is -2.19. The summed E-state index contributed by atoms with van der Waals surface area (Å²) < 4.78 is 0. The van der Waals surface area contributed by atoms with E-state index >= 15 is 0 Å². The first-order valence-electron chi connectivity index (χ1n) is 11.3. The summed E-state index contributed by atoms with van der Waals surface area (Å²) in [6.07, 6.45) is 4.85. The molecule has 32 heavy (non-hydrogen) atoms. The highest BCUT2D eigenvalue weighted by atomic mass is 16.3. The van der Waals surface area contributed by atoms with Crippen LogP contribution in [-0.2, 0) is 6.54 Å². The SMILES string of the molecule is CC(C)c1ncc(CN2CCC(c3cc(C(=O)N(C)CCO)c4ccccc4n3)C2)cn1. The predicted octanol–water partition coefficient (Wildman–Crippen LogP) is 3.20. The molecule has 3 heterocycles. The van der Waals surface area contributed by atoms with Crippen molar-refractivity contribution < 1.29 is 9.90 Å². The normalized spacial score (nSPS) is 16.7. The summed E-state index contributed by atoms with van der Waals surface area (Å²) in [5.74, 6) is 1.38. The van der Waals surface area contributed by atoms with E-state index in [9.17, 15) is 9.90 Å². The van der Waals surface area contributed by atoms with Gasteiger partial charge in [-0.25, -0.2) is 9.97 Å². The molecule has 168 valence electrons. The lowest BCUT2D eigenvalue weighted by atomic mass is 9.99. The summed E-state index contributed by atoms with van der Waals surface area (Å²) in [6, 6.07) is 9.73. The number of fused-ring (bicyclic) bond motifs is 1. The number of carbonyl (C=O) groups is 1. The molecule has 1 unspecified atom stereocenters. The lowest BCUT2D eigenvalue weighted by molar-refractivity contribution is 0.0768. The van der Waals surface area contributed by atoms with Crippen molar-refractivity contribution in [1.82, 2.24) is 24.8 Å². The Morgan fingerprint density at radius 3 is 2.72 bits per heavy atom. The molecule has 2 aromatic heterocycles. The maximum atomic E-state index is 13.1. The molecule has 0 spiro atoms. The Balaban J connectivity index is 1.54. The van der Waals surface area contributed by atoms with E-state index in [1.165, 1.54) is 0 Å². The Morgan fingerprint density at radius 1 is 1.25 bits per heavy atom. The van der Waals surface area contributed by atoms with Gasteiger partial charge in [-0.1, -0.05) is 32.0 Å². The van der Waals surface area contributed by atoms with Crippen LogP contribution in [0.2, 0.25) is 0 Å². The zero-order chi connectivity index (χ0) is 22.7. The Morgan fingerprint density at radius 2 is 2.00 bits per heavy atom. The molecule has 1 amide bonds. The number of rotatable bonds is 7. The van der Waals surface area contributed by atoms with Gasteiger partial charge in [-0.2, -0.15) is 0 Å². The molecule has 1 fully saturated rings. The predicted molar refractivity (Wildman–Crippen MR) is 125 cm³/mol. The maximum Gasteiger partial charge on any atom is 0.254 e. The van der Waals surface area contributed by atoms with E-state index in [0.717, 1.165) is 54.0 Å². The molecule has 1 atom stereocenters. The number of likely N-dealkylation sites (tertiary alicyclic amines) is 1. The van der Waals surface area contributed by atoms with Crippen LogP contribution in [-0.4, -0.2) is 69.1 Å². The van der Waals surface area contributed by atoms with Crippen LogP contribution in [0.3, 0.4) is 0 Å². The number of hydrogen-bond acceptors (Lipinski definition) is 6. The molecule has 7 nitrogen and oxygen atoms in total. The second-order valence-corrected chi connectivity index (χ2v) is 8.89. The van der Waals surface area contributed by atoms with Crippen molar-refractivity contribution in [2.75, 3.05) is 33.3 Å². The fourth-order valence-electron chi connectivity index (χ4n) is 4.26. The molecule has 0 radical (unpaired) electrons. The second kappa shape index (κ2) is 9.71. The molecule has 4 rings (SSSR count). The van der Waals surface area contributed by atoms with E-state index in [1.54, 1.807) is 11.9 Å². The topological polar surface area (TPSA) is 82.5 Å². The number of benzene rings is 1. The summed E-state index contributed by atoms with van der Waals surface area (Å²) >= 11 is 0. The minimum Gasteiger partial charge on any atom is -0.395 e. The molecule has 1 N–H and O–H groups in total. The largest absolute Gasteiger partial charge is 0.395 e. The quantitative estimate of drug-likeness (QED) is 0.616. The summed E-state index contributed by atoms with van der Waals surface area (Å²) in [7, 11) is 1.72. The third-order valence-electron chi connectivity index (χ3n) is 6.09. The number of hydrogen-bond donors (Lipinski definition) is 1. The van der Waals surface area contributed by atoms with Crippen LogP contribution in [0.25, 0.3) is 10.9 Å². The third-order valence-corrected chi connectivity index (χ3v) is 6.09. The minimum atomic E-state index is -0.0869. The first-order chi connectivity index (χ1) is 15.5. The average Bonchev–Trinajstić information content (AvgIpc) is 3.27. The zero-order valence-corrected chi connectivity index (χ0v) is 19.0. The summed E-state index contributed by atoms with van der Waals surface area (Å²) in [5.41, 5.74) is 3.56. The van der Waals surface area contributed by atoms with Gasteiger partial charge in [0, 0.05) is 67.6 Å². The number of pyridine rings is 1. The molecule has 1 aliphatic rings. The fraction of sp³-hybridized carbons (Fsp3) is 0.440. The number of aromatic nitrogens is 3. The minimum absolute atomic E-state index is 0.0580. The van der Waals surface area contributed by atoms with Gasteiger partial charge in [0.2, 0.25) is 0 Å². The van der Waals surface area contributed by atoms with E-state index < -0.39 is 0 Å². The van der Waals surface area contributed by atoms with E-state index in [1.807, 2.05) is 42.7 Å². The van der Waals surface area contributed by atoms with E-state index in [0.29, 0.717) is 18.0 Å². The third kappa shape index (κ3) is 4.79. The Hall–Kier alpha value is -2.90. The highest BCUT2D eigenvalue weighted by Crippen LogP contribution is 2.30. The van der Waals surface area contributed by atoms with Crippen LogP contribution in [0.5, 0.6) is 0 Å². The summed E-state index contributed by atoms with van der Waals surface area (Å²) in [5, 5.41) is 10.1. The number of carbonyl (C=O) groups excluding carboxylic acids is 1. The van der Waals surface area contributed by atoms with Gasteiger partial charge >= 0.3 is 0 Å². The van der Waals surface area contributed by atoms with Crippen LogP contribution in [0.1, 0.15) is 59.5 Å². The van der Waals surface area contributed by atoms with Gasteiger partial charge in [-0.15, -0.1) is 0 Å². The molecular formula is C25H31N5O2. The van der Waals surface area contributed by atoms with Gasteiger partial charge in [0.05, 0.1) is 17.7 Å². The van der Waals surface area contributed by atoms with Gasteiger partial charge in [-0.05, 0) is 25.1 Å². The van der Waals surface area contributed by atoms with E-state index in [2.05, 4.69) is 28.7 Å². The average molecular weight is 434 g/mol. The maximum absolute atomic E-state index is 13.1. The molecule has 1 aliphatic heterocycles. The smallest absolute Gasteiger partial charge is 0.254 e. The number of likely N-dealkylation sites (N-methyl/N-ethyl adjacent to an activating group) is 1. The Kier molecular flexibility index (Phi) is 6.77. The summed E-state index contributed by atoms with van der Waals surface area (Å²) in [6.45, 7) is 7.11. The van der Waals surface area contributed by atoms with Gasteiger partial charge in [0.25, 0.3) is 5.91 Å². The number of amides is 1. The van der Waals surface area contributed by atoms with Crippen molar-refractivity contribution in [3.63, 3.8) is 0 Å². The van der Waals surface area contributed by atoms with Crippen molar-refractivity contribution in [2.24, 2.45) is 0 Å². The highest BCUT2D eigenvalue weighted by Gasteiger charge is 2.27. The Bertz CT molecular complexity index is 1080. The number of para-hydroxylation sites is 1. The van der Waals surface area contributed by atoms with Crippen molar-refractivity contribution in [2.45, 2.75) is 38.6 Å². The van der Waals surface area contributed by atoms with E-state index in [-0.39, 0.29) is 18.4 Å². The monoisotopic (exact) mass is 433 g/mol. The van der Waals surface area contributed by atoms with Crippen LogP contribution in [0, 0.1) is 0 Å². The van der Waals surface area contributed by atoms with E-state index in [4.69, 9.17) is 4.98 Å². The molecule has 0 bridgehead atoms. The van der Waals surface area contributed by atoms with Gasteiger partial charge < -0.3 is 10.0 Å². The van der Waals surface area contributed by atoms with Gasteiger partial charge in [0.1, 0.15) is 5.82 Å². The lowest BCUT2D eigenvalue weighted by Crippen LogP contribution is -2.30. The van der Waals surface area contributed by atoms with Crippen LogP contribution in [0.15, 0.2) is 42.7 Å². The van der Waals surface area contributed by atoms with Crippen LogP contribution >= 0.6 is 0 Å². The second-order valence-electron chi connectivity index (χ2n) is 8.89. The first kappa shape index (κ1) is 22.3. The molecular weight excluding hydrogens is 402 g/mol. The van der Waals surface area contributed by atoms with Crippen LogP contribution < -0.4 is 0 Å². The van der Waals surface area contributed by atoms with Crippen molar-refractivity contribution in [1.29, 1.82) is 0 Å². The van der Waals surface area contributed by atoms with Crippen molar-refractivity contribution in [3.05, 3.63) is 65.4 Å². The standard InChI is InChI=1S/C25H31N5O2/c1-17(2)24-26-13-18(14-27-24)15-30-9-8-19(16-30)23-12-21(25(32)29(3)10-11-31)20-6-4-5-7-22(20)28-23/h4-7,12-14,17,19,31H,8-11,15-16H2,1-3H3. The number of aliphatic hydroxyl groups is 1. The molecule has 3 aromatic rings. The summed E-state index contributed by atoms with van der Waals surface area (Å²) in [4.78, 5) is 30.9. The fourth-order valence-corrected chi connectivity index (χ4v) is 4.26.